The highest BCUT2D eigenvalue weighted by Crippen LogP contribution is 2.07. The number of carbonyl (C=O) groups excluding carboxylic acids is 3. The first-order valence-corrected chi connectivity index (χ1v) is 7.06. The van der Waals surface area contributed by atoms with Gasteiger partial charge in [-0.2, -0.15) is 5.06 Å². The van der Waals surface area contributed by atoms with Crippen LogP contribution in [0.15, 0.2) is 30.3 Å². The first kappa shape index (κ1) is 19.1. The zero-order chi connectivity index (χ0) is 18.1. The molecule has 1 unspecified atom stereocenters. The van der Waals surface area contributed by atoms with Gasteiger partial charge in [-0.15, -0.1) is 0 Å². The van der Waals surface area contributed by atoms with E-state index < -0.39 is 29.9 Å². The molecule has 1 fully saturated rings. The van der Waals surface area contributed by atoms with E-state index in [-0.39, 0.29) is 24.5 Å². The molecule has 1 heterocycles. The molecule has 3 amide bonds. The Labute approximate surface area is 137 Å². The van der Waals surface area contributed by atoms with Crippen molar-refractivity contribution in [2.24, 2.45) is 0 Å². The lowest BCUT2D eigenvalue weighted by Gasteiger charge is -2.09. The first-order chi connectivity index (χ1) is 11.3. The molecule has 0 saturated carbocycles. The molecule has 9 heteroatoms. The van der Waals surface area contributed by atoms with Crippen LogP contribution in [0.3, 0.4) is 0 Å². The third kappa shape index (κ3) is 6.44. The van der Waals surface area contributed by atoms with Crippen molar-refractivity contribution in [2.75, 3.05) is 0 Å². The quantitative estimate of drug-likeness (QED) is 0.549. The second kappa shape index (κ2) is 9.26. The summed E-state index contributed by atoms with van der Waals surface area (Å²) in [7, 11) is 0. The van der Waals surface area contributed by atoms with E-state index in [1.54, 1.807) is 0 Å². The fourth-order valence-corrected chi connectivity index (χ4v) is 1.57. The van der Waals surface area contributed by atoms with E-state index >= 15 is 0 Å². The zero-order valence-corrected chi connectivity index (χ0v) is 13.0. The maximum absolute atomic E-state index is 11.1. The summed E-state index contributed by atoms with van der Waals surface area (Å²) in [6.07, 6.45) is -0.441. The van der Waals surface area contributed by atoms with E-state index in [2.05, 4.69) is 5.32 Å². The molecule has 0 spiro atoms. The summed E-state index contributed by atoms with van der Waals surface area (Å²) >= 11 is 0. The van der Waals surface area contributed by atoms with Gasteiger partial charge in [-0.05, 0) is 12.5 Å². The number of aliphatic carboxylic acids is 1. The third-order valence-electron chi connectivity index (χ3n) is 2.94. The Bertz CT molecular complexity index is 587. The van der Waals surface area contributed by atoms with Crippen LogP contribution in [-0.2, 0) is 25.7 Å². The molecular weight excluding hydrogens is 320 g/mol. The molecule has 1 aromatic carbocycles. The Morgan fingerprint density at radius 2 is 1.75 bits per heavy atom. The number of nitrogens with one attached hydrogen (secondary N) is 1. The number of carbonyl (C=O) groups is 4. The monoisotopic (exact) mass is 338 g/mol. The average molecular weight is 338 g/mol. The number of benzene rings is 1. The van der Waals surface area contributed by atoms with Crippen molar-refractivity contribution in [1.82, 2.24) is 10.4 Å². The molecule has 2 rings (SSSR count). The van der Waals surface area contributed by atoms with E-state index in [4.69, 9.17) is 15.1 Å². The number of rotatable bonds is 4. The van der Waals surface area contributed by atoms with Gasteiger partial charge in [-0.1, -0.05) is 30.3 Å². The van der Waals surface area contributed by atoms with E-state index in [0.717, 1.165) is 5.56 Å². The summed E-state index contributed by atoms with van der Waals surface area (Å²) in [4.78, 5) is 42.1. The Morgan fingerprint density at radius 3 is 2.17 bits per heavy atom. The highest BCUT2D eigenvalue weighted by molar-refractivity contribution is 6.00. The number of alkyl carbamates (subject to hydrolysis) is 1. The van der Waals surface area contributed by atoms with Crippen LogP contribution >= 0.6 is 0 Å². The molecule has 1 saturated heterocycles. The maximum atomic E-state index is 11.1. The number of ether oxygens (including phenoxy) is 1. The number of hydroxylamine groups is 2. The molecule has 1 aromatic rings. The summed E-state index contributed by atoms with van der Waals surface area (Å²) in [5.74, 6) is -2.11. The van der Waals surface area contributed by atoms with Crippen molar-refractivity contribution in [3.8, 4) is 0 Å². The summed E-state index contributed by atoms with van der Waals surface area (Å²) < 4.78 is 4.84. The Hall–Kier alpha value is -2.94. The van der Waals surface area contributed by atoms with Crippen LogP contribution in [0.25, 0.3) is 0 Å². The van der Waals surface area contributed by atoms with Gasteiger partial charge in [0.05, 0.1) is 0 Å². The van der Waals surface area contributed by atoms with Crippen molar-refractivity contribution in [3.05, 3.63) is 35.9 Å². The predicted molar refractivity (Wildman–Crippen MR) is 79.7 cm³/mol. The van der Waals surface area contributed by atoms with Gasteiger partial charge in [-0.25, -0.2) is 4.79 Å². The molecule has 3 N–H and O–H groups in total. The van der Waals surface area contributed by atoms with Gasteiger partial charge in [0.1, 0.15) is 12.6 Å². The van der Waals surface area contributed by atoms with E-state index in [1.807, 2.05) is 30.3 Å². The number of hydrogen-bond acceptors (Lipinski definition) is 6. The second-order valence-electron chi connectivity index (χ2n) is 4.87. The van der Waals surface area contributed by atoms with Gasteiger partial charge >= 0.3 is 12.1 Å². The van der Waals surface area contributed by atoms with Crippen LogP contribution in [0.2, 0.25) is 0 Å². The number of amides is 3. The van der Waals surface area contributed by atoms with Crippen molar-refractivity contribution >= 4 is 23.9 Å². The molecule has 0 aromatic heterocycles. The van der Waals surface area contributed by atoms with Crippen LogP contribution in [0, 0.1) is 0 Å². The highest BCUT2D eigenvalue weighted by atomic mass is 16.5. The molecular formula is C15H18N2O7. The smallest absolute Gasteiger partial charge is 0.408 e. The Kier molecular flexibility index (Phi) is 7.37. The second-order valence-corrected chi connectivity index (χ2v) is 4.87. The number of nitrogens with zero attached hydrogens (tertiary/aromatic N) is 1. The fraction of sp³-hybridized carbons (Fsp3) is 0.333. The van der Waals surface area contributed by atoms with Gasteiger partial charge in [0, 0.05) is 12.8 Å². The van der Waals surface area contributed by atoms with Crippen LogP contribution < -0.4 is 5.32 Å². The van der Waals surface area contributed by atoms with E-state index in [0.29, 0.717) is 0 Å². The van der Waals surface area contributed by atoms with Crippen molar-refractivity contribution in [3.63, 3.8) is 0 Å². The average Bonchev–Trinajstić information content (AvgIpc) is 2.85. The zero-order valence-electron chi connectivity index (χ0n) is 13.0. The van der Waals surface area contributed by atoms with E-state index in [1.165, 1.54) is 6.92 Å². The predicted octanol–water partition coefficient (Wildman–Crippen LogP) is 0.911. The van der Waals surface area contributed by atoms with Gasteiger partial charge in [0.25, 0.3) is 11.8 Å². The minimum absolute atomic E-state index is 0.124. The molecule has 9 nitrogen and oxygen atoms in total. The number of hydrogen-bond donors (Lipinski definition) is 3. The lowest BCUT2D eigenvalue weighted by Crippen LogP contribution is -2.38. The third-order valence-corrected chi connectivity index (χ3v) is 2.94. The van der Waals surface area contributed by atoms with Gasteiger partial charge < -0.3 is 15.2 Å². The summed E-state index contributed by atoms with van der Waals surface area (Å²) in [6, 6.07) is 8.19. The van der Waals surface area contributed by atoms with Gasteiger partial charge in [0.2, 0.25) is 0 Å². The number of carboxylic acids is 1. The lowest BCUT2D eigenvalue weighted by molar-refractivity contribution is -0.171. The molecule has 0 bridgehead atoms. The molecule has 0 radical (unpaired) electrons. The van der Waals surface area contributed by atoms with Crippen LogP contribution in [-0.4, -0.2) is 45.3 Å². The van der Waals surface area contributed by atoms with E-state index in [9.17, 15) is 19.2 Å². The van der Waals surface area contributed by atoms with Crippen LogP contribution in [0.4, 0.5) is 4.79 Å². The molecule has 1 aliphatic rings. The SMILES string of the molecule is CC(NC(=O)OCc1ccccc1)C(=O)O.O=C1CCC(=O)N1O. The highest BCUT2D eigenvalue weighted by Gasteiger charge is 2.26. The minimum atomic E-state index is -1.10. The maximum Gasteiger partial charge on any atom is 0.408 e. The Balaban J connectivity index is 0.000000300. The summed E-state index contributed by atoms with van der Waals surface area (Å²) in [6.45, 7) is 1.49. The minimum Gasteiger partial charge on any atom is -0.480 e. The number of imide groups is 1. The normalized spacial score (nSPS) is 14.5. The lowest BCUT2D eigenvalue weighted by atomic mass is 10.2. The molecule has 1 atom stereocenters. The van der Waals surface area contributed by atoms with Crippen molar-refractivity contribution < 1.29 is 34.2 Å². The molecule has 1 aliphatic heterocycles. The largest absolute Gasteiger partial charge is 0.480 e. The van der Waals surface area contributed by atoms with Gasteiger partial charge in [0.15, 0.2) is 0 Å². The Morgan fingerprint density at radius 1 is 1.21 bits per heavy atom. The molecule has 24 heavy (non-hydrogen) atoms. The van der Waals surface area contributed by atoms with Crippen molar-refractivity contribution in [2.45, 2.75) is 32.4 Å². The summed E-state index contributed by atoms with van der Waals surface area (Å²) in [5.41, 5.74) is 0.848. The first-order valence-electron chi connectivity index (χ1n) is 7.06. The standard InChI is InChI=1S/C11H13NO4.C4H5NO3/c1-8(10(13)14)12-11(15)16-7-9-5-3-2-4-6-9;6-3-1-2-4(7)5(3)8/h2-6,8H,7H2,1H3,(H,12,15)(H,13,14);8H,1-2H2. The van der Waals surface area contributed by atoms with Crippen LogP contribution in [0.1, 0.15) is 25.3 Å². The van der Waals surface area contributed by atoms with Crippen molar-refractivity contribution in [1.29, 1.82) is 0 Å². The summed E-state index contributed by atoms with van der Waals surface area (Å²) in [5, 5.41) is 19.3. The van der Waals surface area contributed by atoms with Crippen LogP contribution in [0.5, 0.6) is 0 Å². The number of carboxylic acid groups (broad SMARTS) is 1. The molecule has 0 aliphatic carbocycles. The van der Waals surface area contributed by atoms with Gasteiger partial charge in [-0.3, -0.25) is 19.6 Å². The topological polar surface area (TPSA) is 133 Å². The fourth-order valence-electron chi connectivity index (χ4n) is 1.57. The molecule has 130 valence electrons.